The molecular formula is C14H10N4O2. The van der Waals surface area contributed by atoms with E-state index in [1.165, 1.54) is 12.1 Å². The van der Waals surface area contributed by atoms with Gasteiger partial charge in [-0.1, -0.05) is 24.3 Å². The first kappa shape index (κ1) is 12.0. The van der Waals surface area contributed by atoms with Crippen LogP contribution in [0.25, 0.3) is 22.5 Å². The van der Waals surface area contributed by atoms with E-state index in [0.29, 0.717) is 11.4 Å². The zero-order valence-electron chi connectivity index (χ0n) is 10.3. The Bertz CT molecular complexity index is 754. The molecule has 0 spiro atoms. The van der Waals surface area contributed by atoms with Gasteiger partial charge in [0, 0.05) is 23.3 Å². The highest BCUT2D eigenvalue weighted by Crippen LogP contribution is 2.28. The van der Waals surface area contributed by atoms with Crippen molar-refractivity contribution in [3.63, 3.8) is 0 Å². The van der Waals surface area contributed by atoms with Crippen LogP contribution >= 0.6 is 0 Å². The van der Waals surface area contributed by atoms with Gasteiger partial charge in [0.1, 0.15) is 0 Å². The van der Waals surface area contributed by atoms with Gasteiger partial charge >= 0.3 is 0 Å². The van der Waals surface area contributed by atoms with E-state index < -0.39 is 0 Å². The molecule has 3 aromatic rings. The van der Waals surface area contributed by atoms with Crippen LogP contribution in [0.1, 0.15) is 0 Å². The monoisotopic (exact) mass is 266 g/mol. The quantitative estimate of drug-likeness (QED) is 0.728. The summed E-state index contributed by atoms with van der Waals surface area (Å²) in [5, 5.41) is 12.8. The molecule has 0 radical (unpaired) electrons. The van der Waals surface area contributed by atoms with Crippen LogP contribution in [0.4, 0.5) is 0 Å². The summed E-state index contributed by atoms with van der Waals surface area (Å²) in [6, 6.07) is 13.6. The second-order valence-corrected chi connectivity index (χ2v) is 4.16. The van der Waals surface area contributed by atoms with E-state index in [2.05, 4.69) is 20.4 Å². The number of H-pyrrole nitrogens is 2. The van der Waals surface area contributed by atoms with Crippen molar-refractivity contribution in [3.05, 3.63) is 69.2 Å². The first-order valence-corrected chi connectivity index (χ1v) is 5.95. The minimum atomic E-state index is -0.256. The van der Waals surface area contributed by atoms with Gasteiger partial charge in [-0.2, -0.15) is 10.2 Å². The Labute approximate surface area is 113 Å². The van der Waals surface area contributed by atoms with E-state index in [9.17, 15) is 9.59 Å². The van der Waals surface area contributed by atoms with Crippen molar-refractivity contribution in [2.24, 2.45) is 0 Å². The first-order chi connectivity index (χ1) is 9.74. The predicted molar refractivity (Wildman–Crippen MR) is 74.1 cm³/mol. The van der Waals surface area contributed by atoms with Gasteiger partial charge in [0.05, 0.1) is 11.4 Å². The summed E-state index contributed by atoms with van der Waals surface area (Å²) in [5.41, 5.74) is 2.40. The standard InChI is InChI=1S/C14H10N4O2/c19-13-7-5-11(15-17-13)9-3-1-2-4-10(9)12-6-8-14(20)18-16-12/h1-8H,(H,17,19)(H,18,20). The molecular weight excluding hydrogens is 256 g/mol. The summed E-state index contributed by atoms with van der Waals surface area (Å²) >= 11 is 0. The van der Waals surface area contributed by atoms with Gasteiger partial charge in [0.25, 0.3) is 11.1 Å². The highest BCUT2D eigenvalue weighted by atomic mass is 16.1. The summed E-state index contributed by atoms with van der Waals surface area (Å²) in [6.07, 6.45) is 0. The van der Waals surface area contributed by atoms with Crippen LogP contribution in [-0.4, -0.2) is 20.4 Å². The van der Waals surface area contributed by atoms with Crippen LogP contribution in [0, 0.1) is 0 Å². The molecule has 0 unspecified atom stereocenters. The van der Waals surface area contributed by atoms with E-state index in [-0.39, 0.29) is 11.1 Å². The molecule has 98 valence electrons. The second-order valence-electron chi connectivity index (χ2n) is 4.16. The van der Waals surface area contributed by atoms with Gasteiger partial charge in [-0.05, 0) is 12.1 Å². The Hall–Kier alpha value is -3.02. The van der Waals surface area contributed by atoms with Gasteiger partial charge in [-0.15, -0.1) is 0 Å². The summed E-state index contributed by atoms with van der Waals surface area (Å²) in [5.74, 6) is 0. The molecule has 0 aliphatic carbocycles. The van der Waals surface area contributed by atoms with Crippen LogP contribution in [0.5, 0.6) is 0 Å². The van der Waals surface area contributed by atoms with E-state index in [1.807, 2.05) is 24.3 Å². The van der Waals surface area contributed by atoms with E-state index in [0.717, 1.165) is 11.1 Å². The maximum absolute atomic E-state index is 11.1. The Morgan fingerprint density at radius 1 is 0.650 bits per heavy atom. The number of aromatic nitrogens is 4. The third kappa shape index (κ3) is 2.26. The van der Waals surface area contributed by atoms with Crippen LogP contribution in [0.3, 0.4) is 0 Å². The molecule has 2 heterocycles. The van der Waals surface area contributed by atoms with Crippen LogP contribution < -0.4 is 11.1 Å². The van der Waals surface area contributed by atoms with Crippen molar-refractivity contribution in [1.82, 2.24) is 20.4 Å². The summed E-state index contributed by atoms with van der Waals surface area (Å²) in [4.78, 5) is 22.2. The number of nitrogens with zero attached hydrogens (tertiary/aromatic N) is 2. The molecule has 6 nitrogen and oxygen atoms in total. The SMILES string of the molecule is O=c1ccc(-c2ccccc2-c2ccc(=O)[nH]n2)n[nH]1. The minimum Gasteiger partial charge on any atom is -0.268 e. The fraction of sp³-hybridized carbons (Fsp3) is 0. The van der Waals surface area contributed by atoms with Gasteiger partial charge in [0.15, 0.2) is 0 Å². The Kier molecular flexibility index (Phi) is 2.96. The molecule has 1 aromatic carbocycles. The fourth-order valence-electron chi connectivity index (χ4n) is 1.92. The molecule has 0 amide bonds. The van der Waals surface area contributed by atoms with Gasteiger partial charge in [-0.25, -0.2) is 10.2 Å². The van der Waals surface area contributed by atoms with Crippen molar-refractivity contribution in [3.8, 4) is 22.5 Å². The molecule has 0 fully saturated rings. The lowest BCUT2D eigenvalue weighted by Crippen LogP contribution is -2.07. The van der Waals surface area contributed by atoms with Crippen LogP contribution in [0.2, 0.25) is 0 Å². The largest absolute Gasteiger partial charge is 0.268 e. The average Bonchev–Trinajstić information content (AvgIpc) is 2.49. The lowest BCUT2D eigenvalue weighted by atomic mass is 10.0. The Morgan fingerprint density at radius 2 is 1.10 bits per heavy atom. The van der Waals surface area contributed by atoms with Crippen LogP contribution in [0.15, 0.2) is 58.1 Å². The molecule has 6 heteroatoms. The van der Waals surface area contributed by atoms with Crippen molar-refractivity contribution in [2.75, 3.05) is 0 Å². The maximum Gasteiger partial charge on any atom is 0.264 e. The van der Waals surface area contributed by atoms with Gasteiger partial charge in [-0.3, -0.25) is 9.59 Å². The van der Waals surface area contributed by atoms with Gasteiger partial charge in [0.2, 0.25) is 0 Å². The molecule has 3 rings (SSSR count). The molecule has 20 heavy (non-hydrogen) atoms. The number of aromatic amines is 2. The summed E-state index contributed by atoms with van der Waals surface area (Å²) in [6.45, 7) is 0. The summed E-state index contributed by atoms with van der Waals surface area (Å²) in [7, 11) is 0. The zero-order valence-corrected chi connectivity index (χ0v) is 10.3. The van der Waals surface area contributed by atoms with E-state index in [1.54, 1.807) is 12.1 Å². The first-order valence-electron chi connectivity index (χ1n) is 5.95. The van der Waals surface area contributed by atoms with Crippen molar-refractivity contribution in [2.45, 2.75) is 0 Å². The molecule has 0 saturated heterocycles. The molecule has 0 bridgehead atoms. The molecule has 2 aromatic heterocycles. The highest BCUT2D eigenvalue weighted by Gasteiger charge is 2.09. The smallest absolute Gasteiger partial charge is 0.264 e. The van der Waals surface area contributed by atoms with E-state index in [4.69, 9.17) is 0 Å². The normalized spacial score (nSPS) is 10.4. The lowest BCUT2D eigenvalue weighted by Gasteiger charge is -2.07. The lowest BCUT2D eigenvalue weighted by molar-refractivity contribution is 0.988. The predicted octanol–water partition coefficient (Wildman–Crippen LogP) is 1.19. The average molecular weight is 266 g/mol. The molecule has 0 saturated carbocycles. The Balaban J connectivity index is 2.17. The molecule has 2 N–H and O–H groups in total. The zero-order chi connectivity index (χ0) is 13.9. The number of hydrogen-bond acceptors (Lipinski definition) is 4. The topological polar surface area (TPSA) is 91.5 Å². The van der Waals surface area contributed by atoms with Crippen LogP contribution in [-0.2, 0) is 0 Å². The number of benzene rings is 1. The van der Waals surface area contributed by atoms with Crippen molar-refractivity contribution < 1.29 is 0 Å². The third-order valence-electron chi connectivity index (χ3n) is 2.84. The number of hydrogen-bond donors (Lipinski definition) is 2. The molecule has 0 aliphatic heterocycles. The third-order valence-corrected chi connectivity index (χ3v) is 2.84. The van der Waals surface area contributed by atoms with Crippen molar-refractivity contribution >= 4 is 0 Å². The molecule has 0 atom stereocenters. The minimum absolute atomic E-state index is 0.256. The molecule has 0 aliphatic rings. The Morgan fingerprint density at radius 3 is 1.45 bits per heavy atom. The summed E-state index contributed by atoms with van der Waals surface area (Å²) < 4.78 is 0. The van der Waals surface area contributed by atoms with Crippen molar-refractivity contribution in [1.29, 1.82) is 0 Å². The van der Waals surface area contributed by atoms with Gasteiger partial charge < -0.3 is 0 Å². The second kappa shape index (κ2) is 4.93. The number of rotatable bonds is 2. The maximum atomic E-state index is 11.1. The number of nitrogens with one attached hydrogen (secondary N) is 2. The highest BCUT2D eigenvalue weighted by molar-refractivity contribution is 5.79. The van der Waals surface area contributed by atoms with E-state index >= 15 is 0 Å². The fourth-order valence-corrected chi connectivity index (χ4v) is 1.92.